The van der Waals surface area contributed by atoms with Gasteiger partial charge < -0.3 is 14.8 Å². The number of hydrogen-bond donors (Lipinski definition) is 2. The lowest BCUT2D eigenvalue weighted by Crippen LogP contribution is -2.41. The molecule has 0 aromatic heterocycles. The molecular formula is C14H16ClN3O4. The van der Waals surface area contributed by atoms with Crippen LogP contribution in [0, 0.1) is 0 Å². The maximum atomic E-state index is 11.5. The molecule has 0 spiro atoms. The Kier molecular flexibility index (Phi) is 5.21. The predicted octanol–water partition coefficient (Wildman–Crippen LogP) is 1.09. The molecule has 7 nitrogen and oxygen atoms in total. The molecule has 1 heterocycles. The number of nitrogens with zero attached hydrogens (tertiary/aromatic N) is 1. The molecule has 1 aromatic rings. The van der Waals surface area contributed by atoms with Crippen LogP contribution in [-0.4, -0.2) is 37.3 Å². The lowest BCUT2D eigenvalue weighted by atomic mass is 10.2. The highest BCUT2D eigenvalue weighted by Gasteiger charge is 2.16. The number of amides is 2. The molecule has 0 bridgehead atoms. The Balaban J connectivity index is 2.00. The van der Waals surface area contributed by atoms with Gasteiger partial charge in [0.25, 0.3) is 0 Å². The predicted molar refractivity (Wildman–Crippen MR) is 81.5 cm³/mol. The fourth-order valence-electron chi connectivity index (χ4n) is 1.75. The first-order valence-corrected chi connectivity index (χ1v) is 7.08. The zero-order valence-electron chi connectivity index (χ0n) is 12.2. The van der Waals surface area contributed by atoms with Gasteiger partial charge in [0.15, 0.2) is 11.5 Å². The number of carbonyl (C=O) groups is 2. The molecule has 0 unspecified atom stereocenters. The van der Waals surface area contributed by atoms with E-state index in [1.807, 2.05) is 0 Å². The van der Waals surface area contributed by atoms with Crippen molar-refractivity contribution < 1.29 is 19.1 Å². The Hall–Kier alpha value is -2.28. The third-order valence-corrected chi connectivity index (χ3v) is 2.91. The first-order valence-electron chi connectivity index (χ1n) is 6.70. The Labute approximate surface area is 132 Å². The summed E-state index contributed by atoms with van der Waals surface area (Å²) in [5.74, 6) is -0.574. The topological polar surface area (TPSA) is 89.0 Å². The number of fused-ring (bicyclic) bond motifs is 1. The maximum Gasteiger partial charge on any atom is 0.329 e. The fraction of sp³-hybridized carbons (Fsp3) is 0.357. The summed E-state index contributed by atoms with van der Waals surface area (Å²) in [7, 11) is 0. The second kappa shape index (κ2) is 7.13. The number of halogens is 1. The smallest absolute Gasteiger partial charge is 0.329 e. The largest absolute Gasteiger partial charge is 0.486 e. The van der Waals surface area contributed by atoms with Crippen LogP contribution in [-0.2, 0) is 9.59 Å². The number of rotatable bonds is 3. The Bertz CT molecular complexity index is 616. The SMILES string of the molecule is CC(C)NC(=O)C(=O)N/N=C\c1cc(Cl)c2c(c1)OCCO2. The summed E-state index contributed by atoms with van der Waals surface area (Å²) in [6.45, 7) is 4.40. The molecule has 2 amide bonds. The van der Waals surface area contributed by atoms with E-state index < -0.39 is 11.8 Å². The van der Waals surface area contributed by atoms with Gasteiger partial charge >= 0.3 is 11.8 Å². The third kappa shape index (κ3) is 4.11. The quantitative estimate of drug-likeness (QED) is 0.494. The van der Waals surface area contributed by atoms with Crippen LogP contribution in [0.15, 0.2) is 17.2 Å². The van der Waals surface area contributed by atoms with Crippen LogP contribution in [0.1, 0.15) is 19.4 Å². The fourth-order valence-corrected chi connectivity index (χ4v) is 2.02. The second-order valence-corrected chi connectivity index (χ2v) is 5.26. The van der Waals surface area contributed by atoms with E-state index in [9.17, 15) is 9.59 Å². The zero-order valence-corrected chi connectivity index (χ0v) is 12.9. The average molecular weight is 326 g/mol. The molecular weight excluding hydrogens is 310 g/mol. The van der Waals surface area contributed by atoms with Crippen molar-refractivity contribution in [1.82, 2.24) is 10.7 Å². The molecule has 8 heteroatoms. The first kappa shape index (κ1) is 16.1. The number of benzene rings is 1. The minimum Gasteiger partial charge on any atom is -0.486 e. The lowest BCUT2D eigenvalue weighted by Gasteiger charge is -2.19. The molecule has 2 N–H and O–H groups in total. The number of hydrogen-bond acceptors (Lipinski definition) is 5. The van der Waals surface area contributed by atoms with Crippen molar-refractivity contribution in [2.24, 2.45) is 5.10 Å². The van der Waals surface area contributed by atoms with Crippen LogP contribution >= 0.6 is 11.6 Å². The van der Waals surface area contributed by atoms with Crippen LogP contribution in [0.5, 0.6) is 11.5 Å². The van der Waals surface area contributed by atoms with Crippen LogP contribution in [0.2, 0.25) is 5.02 Å². The van der Waals surface area contributed by atoms with Gasteiger partial charge in [-0.2, -0.15) is 5.10 Å². The molecule has 0 radical (unpaired) electrons. The van der Waals surface area contributed by atoms with Crippen molar-refractivity contribution in [1.29, 1.82) is 0 Å². The van der Waals surface area contributed by atoms with Crippen molar-refractivity contribution >= 4 is 29.6 Å². The summed E-state index contributed by atoms with van der Waals surface area (Å²) in [6, 6.07) is 3.18. The van der Waals surface area contributed by atoms with Crippen molar-refractivity contribution in [3.8, 4) is 11.5 Å². The summed E-state index contributed by atoms with van der Waals surface area (Å²) < 4.78 is 10.8. The van der Waals surface area contributed by atoms with Gasteiger partial charge in [-0.25, -0.2) is 5.43 Å². The van der Waals surface area contributed by atoms with Gasteiger partial charge in [0.2, 0.25) is 0 Å². The van der Waals surface area contributed by atoms with Gasteiger partial charge in [-0.15, -0.1) is 0 Å². The molecule has 1 aromatic carbocycles. The van der Waals surface area contributed by atoms with Crippen LogP contribution in [0.25, 0.3) is 0 Å². The van der Waals surface area contributed by atoms with E-state index in [4.69, 9.17) is 21.1 Å². The average Bonchev–Trinajstić information content (AvgIpc) is 2.46. The highest BCUT2D eigenvalue weighted by molar-refractivity contribution is 6.35. The van der Waals surface area contributed by atoms with Crippen molar-refractivity contribution in [3.05, 3.63) is 22.7 Å². The molecule has 118 valence electrons. The minimum atomic E-state index is -0.839. The summed E-state index contributed by atoms with van der Waals surface area (Å²) in [4.78, 5) is 22.8. The molecule has 0 fully saturated rings. The van der Waals surface area contributed by atoms with E-state index in [0.29, 0.717) is 35.3 Å². The molecule has 0 saturated carbocycles. The van der Waals surface area contributed by atoms with Crippen molar-refractivity contribution in [3.63, 3.8) is 0 Å². The molecule has 22 heavy (non-hydrogen) atoms. The van der Waals surface area contributed by atoms with E-state index in [1.165, 1.54) is 6.21 Å². The Morgan fingerprint density at radius 3 is 2.73 bits per heavy atom. The first-order chi connectivity index (χ1) is 10.5. The maximum absolute atomic E-state index is 11.5. The molecule has 0 aliphatic carbocycles. The molecule has 1 aliphatic rings. The highest BCUT2D eigenvalue weighted by Crippen LogP contribution is 2.37. The standard InChI is InChI=1S/C14H16ClN3O4/c1-8(2)17-13(19)14(20)18-16-7-9-5-10(15)12-11(6-9)21-3-4-22-12/h5-8H,3-4H2,1-2H3,(H,17,19)(H,18,20)/b16-7-. The van der Waals surface area contributed by atoms with Crippen molar-refractivity contribution in [2.75, 3.05) is 13.2 Å². The summed E-state index contributed by atoms with van der Waals surface area (Å²) >= 11 is 6.08. The van der Waals surface area contributed by atoms with E-state index in [2.05, 4.69) is 15.8 Å². The Morgan fingerprint density at radius 1 is 1.27 bits per heavy atom. The van der Waals surface area contributed by atoms with Gasteiger partial charge in [0, 0.05) is 6.04 Å². The van der Waals surface area contributed by atoms with Gasteiger partial charge in [-0.1, -0.05) is 11.6 Å². The van der Waals surface area contributed by atoms with Gasteiger partial charge in [0.05, 0.1) is 11.2 Å². The normalized spacial score (nSPS) is 13.3. The number of hydrazone groups is 1. The summed E-state index contributed by atoms with van der Waals surface area (Å²) in [5.41, 5.74) is 2.75. The molecule has 0 saturated heterocycles. The second-order valence-electron chi connectivity index (χ2n) is 4.85. The number of ether oxygens (including phenoxy) is 2. The van der Waals surface area contributed by atoms with Gasteiger partial charge in [-0.05, 0) is 31.5 Å². The van der Waals surface area contributed by atoms with Crippen molar-refractivity contribution in [2.45, 2.75) is 19.9 Å². The number of nitrogens with one attached hydrogen (secondary N) is 2. The number of carbonyl (C=O) groups excluding carboxylic acids is 2. The highest BCUT2D eigenvalue weighted by atomic mass is 35.5. The molecule has 2 rings (SSSR count). The van der Waals surface area contributed by atoms with E-state index in [1.54, 1.807) is 26.0 Å². The van der Waals surface area contributed by atoms with Crippen LogP contribution < -0.4 is 20.2 Å². The minimum absolute atomic E-state index is 0.126. The summed E-state index contributed by atoms with van der Waals surface area (Å²) in [5, 5.41) is 6.57. The molecule has 1 aliphatic heterocycles. The summed E-state index contributed by atoms with van der Waals surface area (Å²) in [6.07, 6.45) is 1.37. The van der Waals surface area contributed by atoms with E-state index in [-0.39, 0.29) is 6.04 Å². The van der Waals surface area contributed by atoms with E-state index >= 15 is 0 Å². The van der Waals surface area contributed by atoms with Crippen LogP contribution in [0.4, 0.5) is 0 Å². The van der Waals surface area contributed by atoms with Crippen LogP contribution in [0.3, 0.4) is 0 Å². The third-order valence-electron chi connectivity index (χ3n) is 2.62. The van der Waals surface area contributed by atoms with E-state index in [0.717, 1.165) is 0 Å². The monoisotopic (exact) mass is 325 g/mol. The molecule has 0 atom stereocenters. The Morgan fingerprint density at radius 2 is 2.00 bits per heavy atom. The zero-order chi connectivity index (χ0) is 16.1. The van der Waals surface area contributed by atoms with Gasteiger partial charge in [-0.3, -0.25) is 9.59 Å². The van der Waals surface area contributed by atoms with Gasteiger partial charge in [0.1, 0.15) is 13.2 Å². The lowest BCUT2D eigenvalue weighted by molar-refractivity contribution is -0.139.